The minimum Gasteiger partial charge on any atom is -0.506 e. The lowest BCUT2D eigenvalue weighted by atomic mass is 10.0. The van der Waals surface area contributed by atoms with E-state index in [0.717, 1.165) is 38.0 Å². The molecule has 4 rings (SSSR count). The predicted molar refractivity (Wildman–Crippen MR) is 121 cm³/mol. The van der Waals surface area contributed by atoms with Gasteiger partial charge in [-0.1, -0.05) is 0 Å². The second-order valence-electron chi connectivity index (χ2n) is 7.56. The summed E-state index contributed by atoms with van der Waals surface area (Å²) in [6.07, 6.45) is 3.24. The molecule has 0 saturated carbocycles. The fourth-order valence-corrected chi connectivity index (χ4v) is 4.45. The van der Waals surface area contributed by atoms with Crippen LogP contribution in [0.1, 0.15) is 30.5 Å². The van der Waals surface area contributed by atoms with Gasteiger partial charge in [-0.2, -0.15) is 0 Å². The molecule has 0 spiro atoms. The average Bonchev–Trinajstić information content (AvgIpc) is 3.02. The van der Waals surface area contributed by atoms with Crippen molar-refractivity contribution in [2.75, 3.05) is 25.1 Å². The number of fused-ring (bicyclic) bond motifs is 1. The molecule has 1 aliphatic rings. The number of hydrogen-bond acceptors (Lipinski definition) is 5. The fourth-order valence-electron chi connectivity index (χ4n) is 4.45. The molecule has 0 atom stereocenters. The van der Waals surface area contributed by atoms with Crippen LogP contribution in [0.25, 0.3) is 16.6 Å². The Morgan fingerprint density at radius 1 is 1.10 bits per heavy atom. The van der Waals surface area contributed by atoms with E-state index in [0.29, 0.717) is 33.6 Å². The number of aryl methyl sites for hydroxylation is 1. The fraction of sp³-hybridized carbons (Fsp3) is 0.364. The lowest BCUT2D eigenvalue weighted by molar-refractivity contribution is -0.383. The van der Waals surface area contributed by atoms with Crippen LogP contribution in [0.2, 0.25) is 0 Å². The molecule has 0 amide bonds. The van der Waals surface area contributed by atoms with Crippen molar-refractivity contribution in [3.8, 4) is 17.2 Å². The Morgan fingerprint density at radius 3 is 2.30 bits per heavy atom. The maximum absolute atomic E-state index is 12.0. The smallest absolute Gasteiger partial charge is 0.298 e. The highest BCUT2D eigenvalue weighted by molar-refractivity contribution is 6.05. The number of phenolic OH excluding ortho intramolecular Hbond substituents is 1. The van der Waals surface area contributed by atoms with Crippen LogP contribution in [0.15, 0.2) is 30.3 Å². The number of rotatable bonds is 4. The number of phenols is 1. The van der Waals surface area contributed by atoms with Crippen molar-refractivity contribution in [2.24, 2.45) is 0 Å². The Balaban J connectivity index is 0.00000256. The molecule has 0 unspecified atom stereocenters. The van der Waals surface area contributed by atoms with Crippen LogP contribution in [0, 0.1) is 24.0 Å². The number of nitrogens with zero attached hydrogens (tertiary/aromatic N) is 3. The standard InChI is InChI=1S/C22H25N3O4.ClH/c1-14-13-18(26)21(23-11-5-4-6-12-23)22-19(14)20(25(27)28)15(2)24(22)16-7-9-17(29-3)10-8-16;/h7-10,13,26H,4-6,11-12H2,1-3H3;1H. The Hall–Kier alpha value is -2.93. The lowest BCUT2D eigenvalue weighted by Crippen LogP contribution is -2.30. The first kappa shape index (κ1) is 21.8. The van der Waals surface area contributed by atoms with Gasteiger partial charge in [0, 0.05) is 18.8 Å². The maximum atomic E-state index is 12.0. The monoisotopic (exact) mass is 431 g/mol. The third-order valence-corrected chi connectivity index (χ3v) is 5.78. The van der Waals surface area contributed by atoms with Crippen LogP contribution in [0.5, 0.6) is 11.5 Å². The largest absolute Gasteiger partial charge is 0.506 e. The summed E-state index contributed by atoms with van der Waals surface area (Å²) in [6.45, 7) is 5.23. The highest BCUT2D eigenvalue weighted by atomic mass is 35.5. The minimum absolute atomic E-state index is 0. The Labute approximate surface area is 181 Å². The van der Waals surface area contributed by atoms with Crippen LogP contribution < -0.4 is 9.64 Å². The first-order chi connectivity index (χ1) is 13.9. The van der Waals surface area contributed by atoms with Crippen molar-refractivity contribution in [3.05, 3.63) is 51.7 Å². The summed E-state index contributed by atoms with van der Waals surface area (Å²) in [5, 5.41) is 23.5. The molecule has 160 valence electrons. The quantitative estimate of drug-likeness (QED) is 0.449. The van der Waals surface area contributed by atoms with Crippen LogP contribution in [0.4, 0.5) is 11.4 Å². The minimum atomic E-state index is -0.318. The van der Waals surface area contributed by atoms with E-state index in [1.807, 2.05) is 35.8 Å². The molecule has 1 aliphatic heterocycles. The molecule has 1 fully saturated rings. The van der Waals surface area contributed by atoms with Crippen molar-refractivity contribution in [3.63, 3.8) is 0 Å². The Kier molecular flexibility index (Phi) is 6.12. The van der Waals surface area contributed by atoms with E-state index in [1.54, 1.807) is 20.1 Å². The van der Waals surface area contributed by atoms with Crippen molar-refractivity contribution in [1.29, 1.82) is 0 Å². The predicted octanol–water partition coefficient (Wildman–Crippen LogP) is 5.28. The average molecular weight is 432 g/mol. The van der Waals surface area contributed by atoms with Crippen molar-refractivity contribution < 1.29 is 14.8 Å². The molecular weight excluding hydrogens is 406 g/mol. The first-order valence-corrected chi connectivity index (χ1v) is 9.85. The number of piperidine rings is 1. The summed E-state index contributed by atoms with van der Waals surface area (Å²) >= 11 is 0. The van der Waals surface area contributed by atoms with Crippen LogP contribution >= 0.6 is 12.4 Å². The summed E-state index contributed by atoms with van der Waals surface area (Å²) in [5.74, 6) is 0.881. The molecular formula is C22H26ClN3O4. The molecule has 8 heteroatoms. The summed E-state index contributed by atoms with van der Waals surface area (Å²) in [6, 6.07) is 9.09. The molecule has 0 radical (unpaired) electrons. The molecule has 2 heterocycles. The van der Waals surface area contributed by atoms with Gasteiger partial charge in [-0.25, -0.2) is 0 Å². The number of nitro groups is 1. The maximum Gasteiger partial charge on any atom is 0.298 e. The van der Waals surface area contributed by atoms with Crippen molar-refractivity contribution in [2.45, 2.75) is 33.1 Å². The summed E-state index contributed by atoms with van der Waals surface area (Å²) < 4.78 is 7.15. The Bertz CT molecular complexity index is 1090. The van der Waals surface area contributed by atoms with Gasteiger partial charge in [-0.15, -0.1) is 12.4 Å². The number of aromatic nitrogens is 1. The second-order valence-corrected chi connectivity index (χ2v) is 7.56. The van der Waals surface area contributed by atoms with Gasteiger partial charge >= 0.3 is 0 Å². The van der Waals surface area contributed by atoms with Gasteiger partial charge in [0.1, 0.15) is 17.2 Å². The molecule has 7 nitrogen and oxygen atoms in total. The summed E-state index contributed by atoms with van der Waals surface area (Å²) in [5.41, 5.74) is 3.50. The third kappa shape index (κ3) is 3.43. The molecule has 0 aliphatic carbocycles. The zero-order valence-corrected chi connectivity index (χ0v) is 18.2. The number of ether oxygens (including phenoxy) is 1. The molecule has 1 saturated heterocycles. The van der Waals surface area contributed by atoms with Crippen LogP contribution in [-0.2, 0) is 0 Å². The molecule has 2 aromatic carbocycles. The van der Waals surface area contributed by atoms with E-state index in [2.05, 4.69) is 4.90 Å². The zero-order valence-electron chi connectivity index (χ0n) is 17.3. The van der Waals surface area contributed by atoms with Gasteiger partial charge in [0.2, 0.25) is 0 Å². The highest BCUT2D eigenvalue weighted by Crippen LogP contribution is 2.46. The number of hydrogen-bond donors (Lipinski definition) is 1. The van der Waals surface area contributed by atoms with E-state index in [4.69, 9.17) is 4.74 Å². The number of methoxy groups -OCH3 is 1. The zero-order chi connectivity index (χ0) is 20.7. The molecule has 3 aromatic rings. The number of halogens is 1. The van der Waals surface area contributed by atoms with E-state index in [1.165, 1.54) is 0 Å². The SMILES string of the molecule is COc1ccc(-n2c(C)c([N+](=O)[O-])c3c(C)cc(O)c(N4CCCCC4)c32)cc1.Cl. The molecule has 30 heavy (non-hydrogen) atoms. The van der Waals surface area contributed by atoms with Gasteiger partial charge in [0.25, 0.3) is 5.69 Å². The van der Waals surface area contributed by atoms with E-state index in [-0.39, 0.29) is 28.8 Å². The van der Waals surface area contributed by atoms with E-state index >= 15 is 0 Å². The number of benzene rings is 2. The second kappa shape index (κ2) is 8.44. The van der Waals surface area contributed by atoms with Gasteiger partial charge in [0.15, 0.2) is 0 Å². The molecule has 1 aromatic heterocycles. The van der Waals surface area contributed by atoms with Gasteiger partial charge in [-0.3, -0.25) is 10.1 Å². The van der Waals surface area contributed by atoms with Crippen molar-refractivity contribution >= 4 is 34.7 Å². The van der Waals surface area contributed by atoms with Gasteiger partial charge in [-0.05, 0) is 69.0 Å². The lowest BCUT2D eigenvalue weighted by Gasteiger charge is -2.30. The summed E-state index contributed by atoms with van der Waals surface area (Å²) in [4.78, 5) is 13.8. The van der Waals surface area contributed by atoms with Crippen LogP contribution in [-0.4, -0.2) is 34.8 Å². The van der Waals surface area contributed by atoms with E-state index in [9.17, 15) is 15.2 Å². The molecule has 1 N–H and O–H groups in total. The van der Waals surface area contributed by atoms with E-state index < -0.39 is 0 Å². The number of anilines is 1. The first-order valence-electron chi connectivity index (χ1n) is 9.85. The topological polar surface area (TPSA) is 80.8 Å². The molecule has 0 bridgehead atoms. The summed E-state index contributed by atoms with van der Waals surface area (Å²) in [7, 11) is 1.60. The van der Waals surface area contributed by atoms with Crippen molar-refractivity contribution in [1.82, 2.24) is 4.57 Å². The normalized spacial score (nSPS) is 13.9. The van der Waals surface area contributed by atoms with Gasteiger partial charge in [0.05, 0.1) is 28.6 Å². The van der Waals surface area contributed by atoms with Gasteiger partial charge < -0.3 is 19.3 Å². The highest BCUT2D eigenvalue weighted by Gasteiger charge is 2.31. The Morgan fingerprint density at radius 2 is 1.73 bits per heavy atom. The third-order valence-electron chi connectivity index (χ3n) is 5.78. The van der Waals surface area contributed by atoms with Crippen LogP contribution in [0.3, 0.4) is 0 Å². The number of aromatic hydroxyl groups is 1.